The molecule has 1 nitrogen and oxygen atoms in total. The predicted molar refractivity (Wildman–Crippen MR) is 165 cm³/mol. The van der Waals surface area contributed by atoms with Crippen molar-refractivity contribution < 1.29 is 16.9 Å². The van der Waals surface area contributed by atoms with Gasteiger partial charge in [-0.15, -0.1) is 21.6 Å². The van der Waals surface area contributed by atoms with Crippen molar-refractivity contribution in [2.75, 3.05) is 20.6 Å². The Bertz CT molecular complexity index is 679. The van der Waals surface area contributed by atoms with E-state index in [0.29, 0.717) is 0 Å². The van der Waals surface area contributed by atoms with Crippen LogP contribution in [0.15, 0.2) is 60.7 Å². The number of hydrogen-bond acceptors (Lipinski definition) is 0. The summed E-state index contributed by atoms with van der Waals surface area (Å²) in [6, 6.07) is 21.3. The lowest BCUT2D eigenvalue weighted by atomic mass is 10.0. The lowest BCUT2D eigenvalue weighted by molar-refractivity contribution is -0.903. The van der Waals surface area contributed by atoms with E-state index in [1.54, 1.807) is 0 Å². The molecule has 4 heteroatoms. The van der Waals surface area contributed by atoms with Crippen LogP contribution >= 0.6 is 21.6 Å². The fraction of sp³-hybridized carbons (Fsp3) is 0.625. The zero-order chi connectivity index (χ0) is 24.7. The first kappa shape index (κ1) is 37.6. The fourth-order valence-electron chi connectivity index (χ4n) is 4.51. The van der Waals surface area contributed by atoms with Crippen LogP contribution in [0.2, 0.25) is 0 Å². The molecule has 0 bridgehead atoms. The summed E-state index contributed by atoms with van der Waals surface area (Å²) in [7, 11) is 7.43. The maximum absolute atomic E-state index is 2.69. The molecule has 0 radical (unpaired) electrons. The molecule has 0 saturated heterocycles. The summed E-state index contributed by atoms with van der Waals surface area (Å²) in [6.07, 6.45) is 21.2. The van der Waals surface area contributed by atoms with Gasteiger partial charge in [-0.2, -0.15) is 0 Å². The van der Waals surface area contributed by atoms with Gasteiger partial charge in [-0.05, 0) is 24.6 Å². The average Bonchev–Trinajstić information content (AvgIpc) is 2.85. The minimum atomic E-state index is 0. The fourth-order valence-corrected chi connectivity index (χ4v) is 4.78. The lowest BCUT2D eigenvalue weighted by Gasteiger charge is -2.30. The van der Waals surface area contributed by atoms with Crippen molar-refractivity contribution in [2.24, 2.45) is 0 Å². The van der Waals surface area contributed by atoms with Crippen molar-refractivity contribution >= 4 is 21.6 Å². The van der Waals surface area contributed by atoms with Crippen LogP contribution < -0.4 is 12.4 Å². The third-order valence-electron chi connectivity index (χ3n) is 6.65. The van der Waals surface area contributed by atoms with Gasteiger partial charge in [0, 0.05) is 5.56 Å². The van der Waals surface area contributed by atoms with Crippen LogP contribution in [-0.4, -0.2) is 25.1 Å². The second-order valence-corrected chi connectivity index (χ2v) is 11.0. The molecule has 1 atom stereocenters. The maximum Gasteiger partial charge on any atom is 0.104 e. The summed E-state index contributed by atoms with van der Waals surface area (Å²) in [5.41, 5.74) is 2.83. The number of hydrogen-bond donors (Lipinski definition) is 0. The van der Waals surface area contributed by atoms with E-state index < -0.39 is 0 Å². The second kappa shape index (κ2) is 26.0. The van der Waals surface area contributed by atoms with Crippen LogP contribution in [0.4, 0.5) is 0 Å². The molecule has 0 heterocycles. The number of nitrogens with zero attached hydrogens (tertiary/aromatic N) is 1. The van der Waals surface area contributed by atoms with Crippen LogP contribution in [0.5, 0.6) is 0 Å². The largest absolute Gasteiger partial charge is 1.00 e. The van der Waals surface area contributed by atoms with E-state index in [4.69, 9.17) is 0 Å². The van der Waals surface area contributed by atoms with Gasteiger partial charge in [0.05, 0.1) is 20.6 Å². The third-order valence-corrected chi connectivity index (χ3v) is 7.12. The molecule has 0 amide bonds. The van der Waals surface area contributed by atoms with Crippen molar-refractivity contribution in [1.82, 2.24) is 0 Å². The molecule has 2 rings (SSSR count). The lowest BCUT2D eigenvalue weighted by Crippen LogP contribution is -3.00. The van der Waals surface area contributed by atoms with E-state index in [1.807, 2.05) is 6.07 Å². The highest BCUT2D eigenvalue weighted by Gasteiger charge is 2.14. The first-order valence-corrected chi connectivity index (χ1v) is 15.0. The zero-order valence-electron chi connectivity index (χ0n) is 23.6. The summed E-state index contributed by atoms with van der Waals surface area (Å²) in [6.45, 7) is 4.75. The molecule has 0 aromatic heterocycles. The normalized spacial score (nSPS) is 10.6. The number of rotatable bonds is 18. The third kappa shape index (κ3) is 22.6. The summed E-state index contributed by atoms with van der Waals surface area (Å²) in [5.74, 6) is 0. The van der Waals surface area contributed by atoms with Gasteiger partial charge in [0.2, 0.25) is 0 Å². The van der Waals surface area contributed by atoms with Gasteiger partial charge in [-0.3, -0.25) is 0 Å². The van der Waals surface area contributed by atoms with Crippen LogP contribution in [0, 0.1) is 0 Å². The van der Waals surface area contributed by atoms with Gasteiger partial charge in [-0.25, -0.2) is 0 Å². The molecule has 0 aliphatic heterocycles. The van der Waals surface area contributed by atoms with Crippen LogP contribution in [-0.2, 0) is 12.7 Å². The number of unbranched alkanes of at least 4 members (excludes halogenated alkanes) is 13. The molecule has 0 spiro atoms. The van der Waals surface area contributed by atoms with Crippen LogP contribution in [0.1, 0.15) is 108 Å². The Labute approximate surface area is 239 Å². The quantitative estimate of drug-likeness (QED) is 0.103. The Kier molecular flexibility index (Phi) is 27.2. The predicted octanol–water partition coefficient (Wildman–Crippen LogP) is 7.23. The van der Waals surface area contributed by atoms with Gasteiger partial charge in [0.1, 0.15) is 6.54 Å². The summed E-state index contributed by atoms with van der Waals surface area (Å²) >= 11 is 0. The van der Waals surface area contributed by atoms with Gasteiger partial charge < -0.3 is 16.9 Å². The van der Waals surface area contributed by atoms with E-state index in [9.17, 15) is 0 Å². The summed E-state index contributed by atoms with van der Waals surface area (Å²) in [4.78, 5) is 0. The van der Waals surface area contributed by atoms with Gasteiger partial charge in [0.15, 0.2) is 0 Å². The van der Waals surface area contributed by atoms with Gasteiger partial charge in [-0.1, -0.05) is 145 Å². The molecule has 0 saturated carbocycles. The minimum Gasteiger partial charge on any atom is -1.00 e. The molecule has 0 N–H and O–H groups in total. The maximum atomic E-state index is 2.69. The standard InChI is InChI=1S/C25H46N.C7H9P.2ClH/c1-4-5-6-7-8-9-10-11-12-13-14-15-16-20-23-26(2,3)24-25-21-18-17-19-22-25;8-6-7-4-2-1-3-5-7;;/h17-19,21-22H,4-16,20,23-24H2,1-3H3;1-5H,6,8H2;2*1H/q+1;;;/p-1. The molecule has 0 fully saturated rings. The van der Waals surface area contributed by atoms with Crippen molar-refractivity contribution in [3.8, 4) is 0 Å². The average molecular weight is 557 g/mol. The Morgan fingerprint density at radius 2 is 0.917 bits per heavy atom. The molecular weight excluding hydrogens is 500 g/mol. The molecule has 0 aliphatic carbocycles. The van der Waals surface area contributed by atoms with E-state index >= 15 is 0 Å². The Hall–Kier alpha value is -0.590. The Morgan fingerprint density at radius 1 is 0.556 bits per heavy atom. The molecular formula is C32H56Cl2NP. The first-order valence-electron chi connectivity index (χ1n) is 14.2. The van der Waals surface area contributed by atoms with E-state index in [0.717, 1.165) is 17.2 Å². The monoisotopic (exact) mass is 555 g/mol. The van der Waals surface area contributed by atoms with Crippen molar-refractivity contribution in [2.45, 2.75) is 110 Å². The van der Waals surface area contributed by atoms with E-state index in [-0.39, 0.29) is 24.8 Å². The molecule has 1 unspecified atom stereocenters. The highest BCUT2D eigenvalue weighted by Crippen LogP contribution is 2.15. The van der Waals surface area contributed by atoms with Crippen molar-refractivity contribution in [1.29, 1.82) is 0 Å². The molecule has 208 valence electrons. The molecule has 0 aliphatic rings. The van der Waals surface area contributed by atoms with Gasteiger partial charge in [0.25, 0.3) is 0 Å². The number of halogens is 2. The first-order chi connectivity index (χ1) is 16.6. The minimum absolute atomic E-state index is 0. The SMILES string of the molecule is CCCCCCCCCCCCCCCC[N+](C)(C)Cc1ccccc1.Cl.PCc1ccccc1.[Cl-]. The topological polar surface area (TPSA) is 0 Å². The highest BCUT2D eigenvalue weighted by atomic mass is 35.5. The Morgan fingerprint density at radius 3 is 1.28 bits per heavy atom. The summed E-state index contributed by atoms with van der Waals surface area (Å²) < 4.78 is 1.11. The highest BCUT2D eigenvalue weighted by molar-refractivity contribution is 7.15. The van der Waals surface area contributed by atoms with Crippen molar-refractivity contribution in [3.63, 3.8) is 0 Å². The number of benzene rings is 2. The van der Waals surface area contributed by atoms with Crippen LogP contribution in [0.3, 0.4) is 0 Å². The molecule has 2 aromatic rings. The van der Waals surface area contributed by atoms with Crippen LogP contribution in [0.25, 0.3) is 0 Å². The van der Waals surface area contributed by atoms with Crippen molar-refractivity contribution in [3.05, 3.63) is 71.8 Å². The van der Waals surface area contributed by atoms with E-state index in [1.165, 1.54) is 108 Å². The molecule has 36 heavy (non-hydrogen) atoms. The van der Waals surface area contributed by atoms with Gasteiger partial charge >= 0.3 is 0 Å². The smallest absolute Gasteiger partial charge is 0.104 e. The van der Waals surface area contributed by atoms with E-state index in [2.05, 4.69) is 84.9 Å². The summed E-state index contributed by atoms with van der Waals surface area (Å²) in [5, 5.41) is 0. The second-order valence-electron chi connectivity index (χ2n) is 10.6. The number of quaternary nitrogens is 1. The zero-order valence-corrected chi connectivity index (χ0v) is 26.3. The molecule has 2 aromatic carbocycles. The Balaban J connectivity index is 0.